The van der Waals surface area contributed by atoms with Gasteiger partial charge < -0.3 is 0 Å². The third-order valence-electron chi connectivity index (χ3n) is 7.03. The monoisotopic (exact) mass is 485 g/mol. The van der Waals surface area contributed by atoms with Gasteiger partial charge in [-0.3, -0.25) is 4.98 Å². The SMILES string of the molecule is c1ccc(-c2cc(-c3ncccn3)c(-c3ccccn3)c(-c3cc4ccccc4c4ccccc34)c2)cc1. The first-order valence-corrected chi connectivity index (χ1v) is 12.7. The largest absolute Gasteiger partial charge is 0.256 e. The average molecular weight is 486 g/mol. The van der Waals surface area contributed by atoms with Crippen molar-refractivity contribution in [1.82, 2.24) is 15.0 Å². The van der Waals surface area contributed by atoms with Crippen LogP contribution in [0.2, 0.25) is 0 Å². The highest BCUT2D eigenvalue weighted by molar-refractivity contribution is 6.15. The maximum absolute atomic E-state index is 4.81. The predicted octanol–water partition coefficient (Wildman–Crippen LogP) is 8.85. The molecule has 3 nitrogen and oxygen atoms in total. The fourth-order valence-electron chi connectivity index (χ4n) is 5.33. The molecule has 0 saturated carbocycles. The number of benzene rings is 5. The van der Waals surface area contributed by atoms with Gasteiger partial charge in [0.1, 0.15) is 0 Å². The van der Waals surface area contributed by atoms with E-state index in [1.165, 1.54) is 21.5 Å². The van der Waals surface area contributed by atoms with Crippen molar-refractivity contribution < 1.29 is 0 Å². The van der Waals surface area contributed by atoms with E-state index in [2.05, 4.69) is 107 Å². The van der Waals surface area contributed by atoms with E-state index in [9.17, 15) is 0 Å². The lowest BCUT2D eigenvalue weighted by Crippen LogP contribution is -1.97. The van der Waals surface area contributed by atoms with Gasteiger partial charge in [-0.1, -0.05) is 84.9 Å². The third-order valence-corrected chi connectivity index (χ3v) is 7.03. The van der Waals surface area contributed by atoms with E-state index in [4.69, 9.17) is 4.98 Å². The van der Waals surface area contributed by atoms with Gasteiger partial charge in [0.05, 0.1) is 5.69 Å². The zero-order valence-electron chi connectivity index (χ0n) is 20.6. The van der Waals surface area contributed by atoms with Crippen molar-refractivity contribution in [2.45, 2.75) is 0 Å². The number of fused-ring (bicyclic) bond motifs is 3. The molecule has 0 amide bonds. The van der Waals surface area contributed by atoms with Gasteiger partial charge in [-0.25, -0.2) is 9.97 Å². The van der Waals surface area contributed by atoms with Crippen LogP contribution in [0.25, 0.3) is 66.4 Å². The first-order valence-electron chi connectivity index (χ1n) is 12.7. The summed E-state index contributed by atoms with van der Waals surface area (Å²) in [5.74, 6) is 0.678. The van der Waals surface area contributed by atoms with Crippen LogP contribution in [-0.2, 0) is 0 Å². The Labute approximate surface area is 221 Å². The lowest BCUT2D eigenvalue weighted by atomic mass is 9.85. The van der Waals surface area contributed by atoms with Crippen molar-refractivity contribution in [3.05, 3.63) is 140 Å². The number of hydrogen-bond acceptors (Lipinski definition) is 3. The quantitative estimate of drug-likeness (QED) is 0.234. The fourth-order valence-corrected chi connectivity index (χ4v) is 5.33. The van der Waals surface area contributed by atoms with Crippen LogP contribution in [0.15, 0.2) is 140 Å². The summed E-state index contributed by atoms with van der Waals surface area (Å²) >= 11 is 0. The normalized spacial score (nSPS) is 11.2. The highest BCUT2D eigenvalue weighted by Crippen LogP contribution is 2.45. The molecule has 0 fully saturated rings. The van der Waals surface area contributed by atoms with E-state index < -0.39 is 0 Å². The summed E-state index contributed by atoms with van der Waals surface area (Å²) in [5.41, 5.74) is 7.39. The molecule has 5 aromatic carbocycles. The maximum Gasteiger partial charge on any atom is 0.159 e. The molecule has 0 atom stereocenters. The van der Waals surface area contributed by atoms with Crippen molar-refractivity contribution in [3.63, 3.8) is 0 Å². The second kappa shape index (κ2) is 9.38. The number of aromatic nitrogens is 3. The summed E-state index contributed by atoms with van der Waals surface area (Å²) in [6, 6.07) is 42.4. The van der Waals surface area contributed by atoms with E-state index in [1.54, 1.807) is 12.4 Å². The topological polar surface area (TPSA) is 38.7 Å². The van der Waals surface area contributed by atoms with Gasteiger partial charge in [0, 0.05) is 29.7 Å². The molecular weight excluding hydrogens is 462 g/mol. The molecule has 2 aromatic heterocycles. The van der Waals surface area contributed by atoms with Gasteiger partial charge in [0.15, 0.2) is 5.82 Å². The molecule has 7 aromatic rings. The van der Waals surface area contributed by atoms with Crippen molar-refractivity contribution >= 4 is 21.5 Å². The molecule has 7 rings (SSSR count). The maximum atomic E-state index is 4.81. The minimum atomic E-state index is 0.678. The van der Waals surface area contributed by atoms with Crippen LogP contribution in [-0.4, -0.2) is 15.0 Å². The summed E-state index contributed by atoms with van der Waals surface area (Å²) < 4.78 is 0. The van der Waals surface area contributed by atoms with Gasteiger partial charge >= 0.3 is 0 Å². The summed E-state index contributed by atoms with van der Waals surface area (Å²) in [7, 11) is 0. The number of hydrogen-bond donors (Lipinski definition) is 0. The van der Waals surface area contributed by atoms with Crippen LogP contribution in [0, 0.1) is 0 Å². The van der Waals surface area contributed by atoms with Crippen LogP contribution >= 0.6 is 0 Å². The molecule has 0 radical (unpaired) electrons. The molecule has 0 spiro atoms. The van der Waals surface area contributed by atoms with Crippen LogP contribution in [0.3, 0.4) is 0 Å². The molecule has 0 aliphatic carbocycles. The molecular formula is C35H23N3. The lowest BCUT2D eigenvalue weighted by Gasteiger charge is -2.19. The van der Waals surface area contributed by atoms with Gasteiger partial charge in [-0.05, 0) is 80.2 Å². The van der Waals surface area contributed by atoms with Crippen LogP contribution in [0.1, 0.15) is 0 Å². The van der Waals surface area contributed by atoms with E-state index >= 15 is 0 Å². The average Bonchev–Trinajstić information content (AvgIpc) is 3.01. The number of pyridine rings is 1. The summed E-state index contributed by atoms with van der Waals surface area (Å²) in [5, 5.41) is 4.89. The summed E-state index contributed by atoms with van der Waals surface area (Å²) in [4.78, 5) is 14.2. The predicted molar refractivity (Wildman–Crippen MR) is 157 cm³/mol. The molecule has 0 N–H and O–H groups in total. The Bertz CT molecular complexity index is 1900. The molecule has 178 valence electrons. The van der Waals surface area contributed by atoms with Crippen LogP contribution in [0.5, 0.6) is 0 Å². The Hall–Kier alpha value is -5.15. The number of rotatable bonds is 4. The van der Waals surface area contributed by atoms with E-state index in [0.717, 1.165) is 39.1 Å². The molecule has 0 bridgehead atoms. The lowest BCUT2D eigenvalue weighted by molar-refractivity contribution is 1.17. The van der Waals surface area contributed by atoms with E-state index in [1.807, 2.05) is 30.5 Å². The Balaban J connectivity index is 1.66. The number of nitrogens with zero attached hydrogens (tertiary/aromatic N) is 3. The standard InChI is InChI=1S/C35H23N3/c1-2-11-24(12-3-1)26-22-31(30-21-25-13-4-5-14-27(25)28-15-6-7-16-29(28)30)34(33-17-8-9-18-36-33)32(23-26)35-37-19-10-20-38-35/h1-23H. The molecule has 0 saturated heterocycles. The minimum Gasteiger partial charge on any atom is -0.256 e. The zero-order valence-corrected chi connectivity index (χ0v) is 20.6. The van der Waals surface area contributed by atoms with E-state index in [0.29, 0.717) is 5.82 Å². The first-order chi connectivity index (χ1) is 18.9. The van der Waals surface area contributed by atoms with Gasteiger partial charge in [0.2, 0.25) is 0 Å². The van der Waals surface area contributed by atoms with Gasteiger partial charge in [-0.2, -0.15) is 0 Å². The Morgan fingerprint density at radius 2 is 1.05 bits per heavy atom. The molecule has 2 heterocycles. The highest BCUT2D eigenvalue weighted by atomic mass is 14.9. The third kappa shape index (κ3) is 3.82. The van der Waals surface area contributed by atoms with Gasteiger partial charge in [-0.15, -0.1) is 0 Å². The first kappa shape index (κ1) is 22.1. The second-order valence-corrected chi connectivity index (χ2v) is 9.29. The van der Waals surface area contributed by atoms with Crippen molar-refractivity contribution in [2.24, 2.45) is 0 Å². The molecule has 0 aliphatic rings. The van der Waals surface area contributed by atoms with Crippen molar-refractivity contribution in [2.75, 3.05) is 0 Å². The fraction of sp³-hybridized carbons (Fsp3) is 0. The van der Waals surface area contributed by atoms with E-state index in [-0.39, 0.29) is 0 Å². The zero-order chi connectivity index (χ0) is 25.3. The highest BCUT2D eigenvalue weighted by Gasteiger charge is 2.21. The Kier molecular flexibility index (Phi) is 5.45. The second-order valence-electron chi connectivity index (χ2n) is 9.29. The Morgan fingerprint density at radius 1 is 0.395 bits per heavy atom. The molecule has 0 aliphatic heterocycles. The van der Waals surface area contributed by atoms with Gasteiger partial charge in [0.25, 0.3) is 0 Å². The smallest absolute Gasteiger partial charge is 0.159 e. The molecule has 38 heavy (non-hydrogen) atoms. The van der Waals surface area contributed by atoms with Crippen LogP contribution in [0.4, 0.5) is 0 Å². The van der Waals surface area contributed by atoms with Crippen molar-refractivity contribution in [3.8, 4) is 44.9 Å². The van der Waals surface area contributed by atoms with Crippen LogP contribution < -0.4 is 0 Å². The molecule has 0 unspecified atom stereocenters. The minimum absolute atomic E-state index is 0.678. The summed E-state index contributed by atoms with van der Waals surface area (Å²) in [6.45, 7) is 0. The van der Waals surface area contributed by atoms with Crippen molar-refractivity contribution in [1.29, 1.82) is 0 Å². The summed E-state index contributed by atoms with van der Waals surface area (Å²) in [6.07, 6.45) is 5.44. The molecule has 3 heteroatoms. The Morgan fingerprint density at radius 3 is 1.84 bits per heavy atom.